The molecule has 0 radical (unpaired) electrons. The van der Waals surface area contributed by atoms with Gasteiger partial charge in [0, 0.05) is 49.7 Å². The van der Waals surface area contributed by atoms with Crippen LogP contribution in [0.5, 0.6) is 5.75 Å². The minimum atomic E-state index is -0.0385. The Labute approximate surface area is 203 Å². The average molecular weight is 470 g/mol. The molecule has 9 nitrogen and oxygen atoms in total. The number of para-hydroxylation sites is 1. The van der Waals surface area contributed by atoms with Crippen LogP contribution in [0.25, 0.3) is 10.9 Å². The second-order valence-corrected chi connectivity index (χ2v) is 8.42. The summed E-state index contributed by atoms with van der Waals surface area (Å²) < 4.78 is 5.42. The zero-order chi connectivity index (χ0) is 24.0. The number of anilines is 3. The van der Waals surface area contributed by atoms with E-state index in [9.17, 15) is 4.79 Å². The van der Waals surface area contributed by atoms with Crippen LogP contribution in [-0.2, 0) is 11.3 Å². The van der Waals surface area contributed by atoms with E-state index in [4.69, 9.17) is 9.72 Å². The maximum absolute atomic E-state index is 12.7. The van der Waals surface area contributed by atoms with E-state index in [1.54, 1.807) is 25.7 Å². The molecule has 35 heavy (non-hydrogen) atoms. The van der Waals surface area contributed by atoms with Gasteiger partial charge >= 0.3 is 0 Å². The summed E-state index contributed by atoms with van der Waals surface area (Å²) in [6, 6.07) is 13.4. The number of carbonyl (C=O) groups excluding carboxylic acids is 1. The Morgan fingerprint density at radius 2 is 1.91 bits per heavy atom. The Kier molecular flexibility index (Phi) is 6.65. The van der Waals surface area contributed by atoms with Crippen LogP contribution in [0.2, 0.25) is 0 Å². The smallest absolute Gasteiger partial charge is 0.227 e. The van der Waals surface area contributed by atoms with Gasteiger partial charge in [-0.3, -0.25) is 9.78 Å². The van der Waals surface area contributed by atoms with Gasteiger partial charge in [0.25, 0.3) is 0 Å². The first-order chi connectivity index (χ1) is 17.2. The van der Waals surface area contributed by atoms with Crippen molar-refractivity contribution in [2.45, 2.75) is 19.4 Å². The average Bonchev–Trinajstić information content (AvgIpc) is 2.92. The van der Waals surface area contributed by atoms with E-state index < -0.39 is 0 Å². The lowest BCUT2D eigenvalue weighted by atomic mass is 9.95. The lowest BCUT2D eigenvalue weighted by Gasteiger charge is -2.32. The van der Waals surface area contributed by atoms with Gasteiger partial charge in [0.2, 0.25) is 11.9 Å². The highest BCUT2D eigenvalue weighted by molar-refractivity contribution is 5.93. The van der Waals surface area contributed by atoms with Crippen molar-refractivity contribution in [1.29, 1.82) is 0 Å². The molecule has 1 aliphatic rings. The maximum Gasteiger partial charge on any atom is 0.227 e. The van der Waals surface area contributed by atoms with Crippen LogP contribution >= 0.6 is 0 Å². The van der Waals surface area contributed by atoms with Crippen LogP contribution in [0.15, 0.2) is 67.3 Å². The van der Waals surface area contributed by atoms with E-state index in [0.29, 0.717) is 12.5 Å². The number of benzene rings is 1. The van der Waals surface area contributed by atoms with Crippen molar-refractivity contribution in [2.75, 3.05) is 35.7 Å². The molecule has 4 aromatic rings. The fourth-order valence-electron chi connectivity index (χ4n) is 4.34. The van der Waals surface area contributed by atoms with Gasteiger partial charge < -0.3 is 20.3 Å². The number of nitrogens with one attached hydrogen (secondary N) is 2. The summed E-state index contributed by atoms with van der Waals surface area (Å²) in [4.78, 5) is 32.7. The Morgan fingerprint density at radius 3 is 2.71 bits per heavy atom. The summed E-state index contributed by atoms with van der Waals surface area (Å²) >= 11 is 0. The first-order valence-electron chi connectivity index (χ1n) is 11.6. The first-order valence-corrected chi connectivity index (χ1v) is 11.6. The molecule has 5 rings (SSSR count). The van der Waals surface area contributed by atoms with Gasteiger partial charge in [-0.25, -0.2) is 15.0 Å². The third-order valence-electron chi connectivity index (χ3n) is 6.21. The standard InChI is InChI=1S/C26H27N7O2/c1-35-23-7-3-2-5-19(23)15-29-26-30-17-21-22(32-26)8-12-28-24(21)33-13-9-18(10-14-33)25(34)31-20-6-4-11-27-16-20/h2-8,11-12,16-18H,9-10,13-15H2,1H3,(H,31,34)(H,29,30,32). The molecule has 1 aliphatic heterocycles. The quantitative estimate of drug-likeness (QED) is 0.420. The van der Waals surface area contributed by atoms with Crippen molar-refractivity contribution in [3.05, 3.63) is 72.8 Å². The van der Waals surface area contributed by atoms with Gasteiger partial charge in [-0.05, 0) is 37.1 Å². The Hall–Kier alpha value is -4.27. The summed E-state index contributed by atoms with van der Waals surface area (Å²) in [6.45, 7) is 2.04. The zero-order valence-electron chi connectivity index (χ0n) is 19.5. The molecule has 1 fully saturated rings. The van der Waals surface area contributed by atoms with E-state index in [1.165, 1.54) is 0 Å². The lowest BCUT2D eigenvalue weighted by molar-refractivity contribution is -0.120. The van der Waals surface area contributed by atoms with Crippen molar-refractivity contribution in [3.8, 4) is 5.75 Å². The Morgan fingerprint density at radius 1 is 1.06 bits per heavy atom. The molecule has 2 N–H and O–H groups in total. The Bertz CT molecular complexity index is 1310. The van der Waals surface area contributed by atoms with Crippen LogP contribution in [0, 0.1) is 5.92 Å². The fourth-order valence-corrected chi connectivity index (χ4v) is 4.34. The number of amides is 1. The maximum atomic E-state index is 12.7. The predicted octanol–water partition coefficient (Wildman–Crippen LogP) is 3.90. The molecule has 0 saturated carbocycles. The number of nitrogens with zero attached hydrogens (tertiary/aromatic N) is 5. The minimum Gasteiger partial charge on any atom is -0.496 e. The van der Waals surface area contributed by atoms with Gasteiger partial charge in [-0.15, -0.1) is 0 Å². The van der Waals surface area contributed by atoms with Crippen LogP contribution in [-0.4, -0.2) is 46.0 Å². The molecule has 0 spiro atoms. The number of hydrogen-bond acceptors (Lipinski definition) is 8. The summed E-state index contributed by atoms with van der Waals surface area (Å²) in [6.07, 6.45) is 8.44. The monoisotopic (exact) mass is 469 g/mol. The van der Waals surface area contributed by atoms with E-state index in [2.05, 4.69) is 30.5 Å². The molecule has 0 atom stereocenters. The molecule has 1 aromatic carbocycles. The third kappa shape index (κ3) is 5.13. The van der Waals surface area contributed by atoms with Crippen molar-refractivity contribution in [2.24, 2.45) is 5.92 Å². The highest BCUT2D eigenvalue weighted by atomic mass is 16.5. The van der Waals surface area contributed by atoms with Crippen molar-refractivity contribution < 1.29 is 9.53 Å². The molecule has 1 saturated heterocycles. The molecular formula is C26H27N7O2. The molecule has 0 bridgehead atoms. The fraction of sp³-hybridized carbons (Fsp3) is 0.269. The van der Waals surface area contributed by atoms with Crippen LogP contribution in [0.4, 0.5) is 17.5 Å². The summed E-state index contributed by atoms with van der Waals surface area (Å²) in [5.41, 5.74) is 2.58. The number of hydrogen-bond donors (Lipinski definition) is 2. The Balaban J connectivity index is 1.24. The number of piperidine rings is 1. The van der Waals surface area contributed by atoms with Gasteiger partial charge in [0.15, 0.2) is 0 Å². The predicted molar refractivity (Wildman–Crippen MR) is 135 cm³/mol. The number of pyridine rings is 2. The summed E-state index contributed by atoms with van der Waals surface area (Å²) in [5, 5.41) is 7.14. The highest BCUT2D eigenvalue weighted by Gasteiger charge is 2.26. The summed E-state index contributed by atoms with van der Waals surface area (Å²) in [5.74, 6) is 2.22. The van der Waals surface area contributed by atoms with E-state index >= 15 is 0 Å². The molecule has 0 unspecified atom stereocenters. The molecular weight excluding hydrogens is 442 g/mol. The van der Waals surface area contributed by atoms with Gasteiger partial charge in [-0.2, -0.15) is 0 Å². The van der Waals surface area contributed by atoms with E-state index in [1.807, 2.05) is 48.7 Å². The molecule has 1 amide bonds. The van der Waals surface area contributed by atoms with Crippen molar-refractivity contribution >= 4 is 34.3 Å². The zero-order valence-corrected chi connectivity index (χ0v) is 19.5. The second kappa shape index (κ2) is 10.3. The van der Waals surface area contributed by atoms with Crippen LogP contribution < -0.4 is 20.3 Å². The number of ether oxygens (including phenoxy) is 1. The normalized spacial score (nSPS) is 14.0. The first kappa shape index (κ1) is 22.5. The second-order valence-electron chi connectivity index (χ2n) is 8.42. The van der Waals surface area contributed by atoms with Gasteiger partial charge in [0.1, 0.15) is 11.6 Å². The molecule has 0 aliphatic carbocycles. The van der Waals surface area contributed by atoms with E-state index in [0.717, 1.165) is 59.7 Å². The topological polar surface area (TPSA) is 105 Å². The van der Waals surface area contributed by atoms with Gasteiger partial charge in [0.05, 0.1) is 29.9 Å². The minimum absolute atomic E-state index is 0.0385. The van der Waals surface area contributed by atoms with Crippen LogP contribution in [0.3, 0.4) is 0 Å². The summed E-state index contributed by atoms with van der Waals surface area (Å²) in [7, 11) is 1.66. The lowest BCUT2D eigenvalue weighted by Crippen LogP contribution is -2.38. The van der Waals surface area contributed by atoms with Crippen molar-refractivity contribution in [3.63, 3.8) is 0 Å². The van der Waals surface area contributed by atoms with E-state index in [-0.39, 0.29) is 11.8 Å². The van der Waals surface area contributed by atoms with Gasteiger partial charge in [-0.1, -0.05) is 18.2 Å². The molecule has 3 aromatic heterocycles. The SMILES string of the molecule is COc1ccccc1CNc1ncc2c(N3CCC(C(=O)Nc4cccnc4)CC3)nccc2n1. The largest absolute Gasteiger partial charge is 0.496 e. The van der Waals surface area contributed by atoms with Crippen LogP contribution in [0.1, 0.15) is 18.4 Å². The number of carbonyl (C=O) groups is 1. The molecule has 4 heterocycles. The molecule has 178 valence electrons. The molecule has 9 heteroatoms. The van der Waals surface area contributed by atoms with Crippen molar-refractivity contribution in [1.82, 2.24) is 19.9 Å². The number of aromatic nitrogens is 4. The highest BCUT2D eigenvalue weighted by Crippen LogP contribution is 2.28. The number of rotatable bonds is 7. The number of methoxy groups -OCH3 is 1. The third-order valence-corrected chi connectivity index (χ3v) is 6.21. The number of fused-ring (bicyclic) bond motifs is 1.